The largest absolute Gasteiger partial charge is 0.322 e. The molecule has 0 spiro atoms. The maximum absolute atomic E-state index is 13.1. The van der Waals surface area contributed by atoms with Crippen molar-refractivity contribution in [1.29, 1.82) is 0 Å². The third-order valence-corrected chi connectivity index (χ3v) is 5.23. The van der Waals surface area contributed by atoms with E-state index in [1.165, 1.54) is 0 Å². The van der Waals surface area contributed by atoms with E-state index in [-0.39, 0.29) is 12.1 Å². The van der Waals surface area contributed by atoms with Crippen LogP contribution in [0.2, 0.25) is 0 Å². The average Bonchev–Trinajstić information content (AvgIpc) is 3.42. The molecule has 4 heterocycles. The number of hydrogen-bond acceptors (Lipinski definition) is 6. The van der Waals surface area contributed by atoms with Crippen LogP contribution in [0.1, 0.15) is 43.1 Å². The number of amides is 2. The molecule has 29 heavy (non-hydrogen) atoms. The molecule has 4 rings (SSSR count). The zero-order valence-corrected chi connectivity index (χ0v) is 17.2. The van der Waals surface area contributed by atoms with Crippen molar-refractivity contribution in [3.8, 4) is 5.82 Å². The summed E-state index contributed by atoms with van der Waals surface area (Å²) in [6.45, 7) is 7.04. The molecule has 0 aliphatic carbocycles. The Morgan fingerprint density at radius 3 is 2.79 bits per heavy atom. The molecule has 1 aliphatic heterocycles. The number of piperidine rings is 1. The van der Waals surface area contributed by atoms with E-state index in [1.54, 1.807) is 15.6 Å². The number of urea groups is 1. The van der Waals surface area contributed by atoms with Crippen LogP contribution in [-0.4, -0.2) is 63.6 Å². The number of aryl methyl sites for hydroxylation is 4. The Kier molecular flexibility index (Phi) is 5.03. The summed E-state index contributed by atoms with van der Waals surface area (Å²) in [5.74, 6) is 2.12. The Labute approximate surface area is 168 Å². The highest BCUT2D eigenvalue weighted by Gasteiger charge is 2.28. The summed E-state index contributed by atoms with van der Waals surface area (Å²) in [7, 11) is 1.85. The minimum atomic E-state index is -0.145. The number of hydrogen-bond donors (Lipinski definition) is 1. The molecule has 11 nitrogen and oxygen atoms in total. The predicted molar refractivity (Wildman–Crippen MR) is 106 cm³/mol. The quantitative estimate of drug-likeness (QED) is 0.715. The van der Waals surface area contributed by atoms with Crippen molar-refractivity contribution in [1.82, 2.24) is 44.4 Å². The van der Waals surface area contributed by atoms with Gasteiger partial charge < -0.3 is 10.2 Å². The summed E-state index contributed by atoms with van der Waals surface area (Å²) in [5, 5.41) is 20.1. The van der Waals surface area contributed by atoms with E-state index >= 15 is 0 Å². The van der Waals surface area contributed by atoms with Gasteiger partial charge in [0, 0.05) is 26.3 Å². The first-order chi connectivity index (χ1) is 14.0. The highest BCUT2D eigenvalue weighted by Crippen LogP contribution is 2.27. The minimum Gasteiger partial charge on any atom is -0.322 e. The maximum Gasteiger partial charge on any atom is 0.322 e. The molecule has 1 fully saturated rings. The zero-order chi connectivity index (χ0) is 20.5. The summed E-state index contributed by atoms with van der Waals surface area (Å²) in [4.78, 5) is 19.3. The summed E-state index contributed by atoms with van der Waals surface area (Å²) < 4.78 is 5.30. The molecule has 0 aromatic carbocycles. The van der Waals surface area contributed by atoms with Gasteiger partial charge in [-0.15, -0.1) is 10.2 Å². The Morgan fingerprint density at radius 2 is 2.14 bits per heavy atom. The van der Waals surface area contributed by atoms with E-state index in [2.05, 4.69) is 30.8 Å². The van der Waals surface area contributed by atoms with Gasteiger partial charge in [0.2, 0.25) is 0 Å². The van der Waals surface area contributed by atoms with E-state index in [9.17, 15) is 4.79 Å². The van der Waals surface area contributed by atoms with Gasteiger partial charge in [-0.1, -0.05) is 12.1 Å². The molecule has 1 unspecified atom stereocenters. The van der Waals surface area contributed by atoms with E-state index < -0.39 is 0 Å². The van der Waals surface area contributed by atoms with Gasteiger partial charge in [-0.3, -0.25) is 0 Å². The number of nitrogens with one attached hydrogen (secondary N) is 1. The lowest BCUT2D eigenvalue weighted by Gasteiger charge is -2.32. The van der Waals surface area contributed by atoms with Crippen LogP contribution in [0.15, 0.2) is 12.4 Å². The molecule has 0 bridgehead atoms. The van der Waals surface area contributed by atoms with Gasteiger partial charge in [-0.25, -0.2) is 19.1 Å². The second-order valence-corrected chi connectivity index (χ2v) is 7.30. The number of nitrogens with zero attached hydrogens (tertiary/aromatic N) is 9. The van der Waals surface area contributed by atoms with Crippen molar-refractivity contribution in [3.05, 3.63) is 29.7 Å². The highest BCUT2D eigenvalue weighted by molar-refractivity contribution is 5.92. The van der Waals surface area contributed by atoms with Crippen LogP contribution < -0.4 is 5.32 Å². The molecule has 1 N–H and O–H groups in total. The lowest BCUT2D eigenvalue weighted by atomic mass is 10.1. The molecule has 2 amide bonds. The van der Waals surface area contributed by atoms with Crippen molar-refractivity contribution in [3.63, 3.8) is 0 Å². The van der Waals surface area contributed by atoms with Gasteiger partial charge in [-0.2, -0.15) is 9.78 Å². The monoisotopic (exact) mass is 398 g/mol. The Balaban J connectivity index is 1.60. The second-order valence-electron chi connectivity index (χ2n) is 7.30. The fourth-order valence-electron chi connectivity index (χ4n) is 3.86. The second kappa shape index (κ2) is 7.64. The third kappa shape index (κ3) is 3.59. The predicted octanol–water partition coefficient (Wildman–Crippen LogP) is 1.64. The molecule has 154 valence electrons. The van der Waals surface area contributed by atoms with Crippen molar-refractivity contribution in [2.75, 3.05) is 18.4 Å². The topological polar surface area (TPSA) is 112 Å². The molecular weight excluding hydrogens is 372 g/mol. The minimum absolute atomic E-state index is 0.135. The molecule has 3 aromatic rings. The van der Waals surface area contributed by atoms with Gasteiger partial charge in [-0.05, 0) is 33.1 Å². The Hall–Kier alpha value is -3.24. The van der Waals surface area contributed by atoms with Crippen molar-refractivity contribution < 1.29 is 4.79 Å². The fourth-order valence-corrected chi connectivity index (χ4v) is 3.86. The highest BCUT2D eigenvalue weighted by atomic mass is 16.2. The van der Waals surface area contributed by atoms with Crippen molar-refractivity contribution >= 4 is 11.7 Å². The summed E-state index contributed by atoms with van der Waals surface area (Å²) in [5.41, 5.74) is 1.49. The molecule has 0 radical (unpaired) electrons. The number of likely N-dealkylation sites (tertiary alicyclic amines) is 1. The van der Waals surface area contributed by atoms with Crippen LogP contribution in [0.4, 0.5) is 10.5 Å². The number of aromatic nitrogens is 8. The molecule has 1 saturated heterocycles. The number of carbonyl (C=O) groups is 1. The number of anilines is 1. The molecular formula is C18H26N10O. The van der Waals surface area contributed by atoms with Gasteiger partial charge >= 0.3 is 6.03 Å². The molecule has 11 heteroatoms. The smallest absolute Gasteiger partial charge is 0.322 e. The van der Waals surface area contributed by atoms with Gasteiger partial charge in [0.1, 0.15) is 17.3 Å². The molecule has 1 atom stereocenters. The van der Waals surface area contributed by atoms with Crippen LogP contribution in [0.5, 0.6) is 0 Å². The maximum atomic E-state index is 13.1. The molecule has 0 saturated carbocycles. The van der Waals surface area contributed by atoms with Gasteiger partial charge in [0.25, 0.3) is 0 Å². The van der Waals surface area contributed by atoms with Crippen LogP contribution in [0.3, 0.4) is 0 Å². The first-order valence-corrected chi connectivity index (χ1v) is 9.86. The first-order valence-electron chi connectivity index (χ1n) is 9.86. The molecule has 1 aliphatic rings. The third-order valence-electron chi connectivity index (χ3n) is 5.23. The van der Waals surface area contributed by atoms with Gasteiger partial charge in [0.05, 0.1) is 17.9 Å². The fraction of sp³-hybridized carbons (Fsp3) is 0.556. The van der Waals surface area contributed by atoms with E-state index in [0.717, 1.165) is 24.4 Å². The standard InChI is InChI=1S/C18H26N10O/c1-5-15-16(17(25(4)23-15)28-13(3)20-12(2)22-28)21-18(29)26-9-6-7-14(11-26)27-10-8-19-24-27/h8,10,14H,5-7,9,11H2,1-4H3,(H,21,29). The molecule has 3 aromatic heterocycles. The average molecular weight is 398 g/mol. The van der Waals surface area contributed by atoms with E-state index in [4.69, 9.17) is 0 Å². The van der Waals surface area contributed by atoms with Crippen molar-refractivity contribution in [2.24, 2.45) is 7.05 Å². The van der Waals surface area contributed by atoms with Crippen LogP contribution >= 0.6 is 0 Å². The SMILES string of the molecule is CCc1nn(C)c(-n2nc(C)nc2C)c1NC(=O)N1CCCC(n2ccnn2)C1. The Morgan fingerprint density at radius 1 is 1.31 bits per heavy atom. The van der Waals surface area contributed by atoms with E-state index in [0.29, 0.717) is 36.8 Å². The van der Waals surface area contributed by atoms with E-state index in [1.807, 2.05) is 43.6 Å². The summed E-state index contributed by atoms with van der Waals surface area (Å²) >= 11 is 0. The lowest BCUT2D eigenvalue weighted by Crippen LogP contribution is -2.43. The summed E-state index contributed by atoms with van der Waals surface area (Å²) in [6.07, 6.45) is 6.09. The normalized spacial score (nSPS) is 17.0. The van der Waals surface area contributed by atoms with Crippen LogP contribution in [-0.2, 0) is 13.5 Å². The van der Waals surface area contributed by atoms with Gasteiger partial charge in [0.15, 0.2) is 5.82 Å². The first kappa shape index (κ1) is 19.1. The Bertz CT molecular complexity index is 1000. The van der Waals surface area contributed by atoms with Crippen LogP contribution in [0.25, 0.3) is 5.82 Å². The van der Waals surface area contributed by atoms with Crippen molar-refractivity contribution in [2.45, 2.75) is 46.1 Å². The number of rotatable bonds is 4. The number of carbonyl (C=O) groups excluding carboxylic acids is 1. The lowest BCUT2D eigenvalue weighted by molar-refractivity contribution is 0.174. The van der Waals surface area contributed by atoms with Crippen LogP contribution in [0, 0.1) is 13.8 Å². The zero-order valence-electron chi connectivity index (χ0n) is 17.2. The summed E-state index contributed by atoms with van der Waals surface area (Å²) in [6, 6.07) is -0.00974.